The number of aliphatic imine (C=N–C) groups is 1. The zero-order chi connectivity index (χ0) is 15.2. The fourth-order valence-electron chi connectivity index (χ4n) is 2.20. The van der Waals surface area contributed by atoms with E-state index in [4.69, 9.17) is 4.99 Å². The molecule has 0 atom stereocenters. The van der Waals surface area contributed by atoms with Gasteiger partial charge in [0.25, 0.3) is 0 Å². The van der Waals surface area contributed by atoms with Crippen molar-refractivity contribution in [1.82, 2.24) is 10.6 Å². The minimum Gasteiger partial charge on any atom is -0.378 e. The van der Waals surface area contributed by atoms with Gasteiger partial charge >= 0.3 is 0 Å². The molecule has 0 aromatic heterocycles. The van der Waals surface area contributed by atoms with Crippen molar-refractivity contribution in [2.75, 3.05) is 32.1 Å². The highest BCUT2D eigenvalue weighted by Gasteiger charge is 2.21. The van der Waals surface area contributed by atoms with Gasteiger partial charge in [0, 0.05) is 32.9 Å². The molecule has 4 nitrogen and oxygen atoms in total. The Morgan fingerprint density at radius 2 is 2.00 bits per heavy atom. The number of hydrogen-bond donors (Lipinski definition) is 2. The molecule has 0 aliphatic heterocycles. The van der Waals surface area contributed by atoms with Gasteiger partial charge in [-0.2, -0.15) is 0 Å². The molecule has 1 saturated carbocycles. The molecular weight excluding hydrogens is 387 g/mol. The Hall–Kier alpha value is -0.980. The van der Waals surface area contributed by atoms with Crippen LogP contribution in [0.4, 0.5) is 5.69 Å². The van der Waals surface area contributed by atoms with E-state index < -0.39 is 0 Å². The van der Waals surface area contributed by atoms with Crippen LogP contribution in [0.5, 0.6) is 0 Å². The van der Waals surface area contributed by atoms with Crippen LogP contribution < -0.4 is 15.5 Å². The van der Waals surface area contributed by atoms with E-state index in [1.165, 1.54) is 29.7 Å². The summed E-state index contributed by atoms with van der Waals surface area (Å²) in [5.74, 6) is 1.79. The van der Waals surface area contributed by atoms with Crippen molar-refractivity contribution in [1.29, 1.82) is 0 Å². The van der Waals surface area contributed by atoms with E-state index in [1.54, 1.807) is 0 Å². The largest absolute Gasteiger partial charge is 0.378 e. The lowest BCUT2D eigenvalue weighted by Gasteiger charge is -2.15. The second kappa shape index (κ2) is 9.22. The number of nitrogens with zero attached hydrogens (tertiary/aromatic N) is 2. The monoisotopic (exact) mass is 416 g/mol. The average Bonchev–Trinajstić information content (AvgIpc) is 3.27. The van der Waals surface area contributed by atoms with Gasteiger partial charge in [0.2, 0.25) is 0 Å². The van der Waals surface area contributed by atoms with E-state index in [2.05, 4.69) is 61.7 Å². The molecule has 0 saturated heterocycles. The second-order valence-electron chi connectivity index (χ2n) is 6.02. The van der Waals surface area contributed by atoms with Gasteiger partial charge in [-0.25, -0.2) is 4.99 Å². The van der Waals surface area contributed by atoms with Crippen LogP contribution in [0.2, 0.25) is 0 Å². The first-order valence-corrected chi connectivity index (χ1v) is 7.89. The van der Waals surface area contributed by atoms with Crippen LogP contribution in [0.3, 0.4) is 0 Å². The Kier molecular flexibility index (Phi) is 8.00. The van der Waals surface area contributed by atoms with Crippen LogP contribution in [0.1, 0.15) is 30.9 Å². The van der Waals surface area contributed by atoms with Crippen LogP contribution in [-0.2, 0) is 6.54 Å². The molecule has 1 fully saturated rings. The second-order valence-corrected chi connectivity index (χ2v) is 6.02. The lowest BCUT2D eigenvalue weighted by atomic mass is 10.1. The van der Waals surface area contributed by atoms with Gasteiger partial charge in [-0.15, -0.1) is 24.0 Å². The van der Waals surface area contributed by atoms with Crippen molar-refractivity contribution in [3.8, 4) is 0 Å². The molecule has 1 aromatic rings. The van der Waals surface area contributed by atoms with Gasteiger partial charge in [-0.1, -0.05) is 6.07 Å². The molecule has 1 aliphatic carbocycles. The van der Waals surface area contributed by atoms with Gasteiger partial charge in [0.15, 0.2) is 5.96 Å². The number of anilines is 1. The summed E-state index contributed by atoms with van der Waals surface area (Å²) < 4.78 is 0. The summed E-state index contributed by atoms with van der Waals surface area (Å²) in [7, 11) is 4.13. The van der Waals surface area contributed by atoms with E-state index >= 15 is 0 Å². The van der Waals surface area contributed by atoms with E-state index in [0.717, 1.165) is 31.5 Å². The first-order chi connectivity index (χ1) is 10.1. The van der Waals surface area contributed by atoms with Crippen LogP contribution in [0.25, 0.3) is 0 Å². The fourth-order valence-corrected chi connectivity index (χ4v) is 2.20. The number of guanidine groups is 1. The average molecular weight is 416 g/mol. The number of halogens is 1. The topological polar surface area (TPSA) is 39.7 Å². The standard InChI is InChI=1S/C17H28N4.HI/c1-5-18-17(19-11-14-6-7-14)20-12-15-8-9-16(21(3)4)10-13(15)2;/h8-10,14H,5-7,11-12H2,1-4H3,(H2,18,19,20);1H. The van der Waals surface area contributed by atoms with Crippen molar-refractivity contribution in [3.05, 3.63) is 29.3 Å². The minimum atomic E-state index is 0. The number of aryl methyl sites for hydroxylation is 1. The maximum atomic E-state index is 4.70. The number of hydrogen-bond acceptors (Lipinski definition) is 2. The normalized spacial score (nSPS) is 14.3. The fraction of sp³-hybridized carbons (Fsp3) is 0.588. The Labute approximate surface area is 151 Å². The molecule has 0 bridgehead atoms. The number of benzene rings is 1. The Morgan fingerprint density at radius 3 is 2.55 bits per heavy atom. The molecule has 1 aromatic carbocycles. The van der Waals surface area contributed by atoms with Crippen LogP contribution in [0, 0.1) is 12.8 Å². The summed E-state index contributed by atoms with van der Waals surface area (Å²) in [6.45, 7) is 6.92. The van der Waals surface area contributed by atoms with Gasteiger partial charge in [-0.3, -0.25) is 0 Å². The van der Waals surface area contributed by atoms with Crippen molar-refractivity contribution in [2.45, 2.75) is 33.2 Å². The molecule has 124 valence electrons. The third-order valence-electron chi connectivity index (χ3n) is 3.85. The molecule has 5 heteroatoms. The highest BCUT2D eigenvalue weighted by Crippen LogP contribution is 2.27. The minimum absolute atomic E-state index is 0. The van der Waals surface area contributed by atoms with Crippen molar-refractivity contribution >= 4 is 35.6 Å². The Bertz CT molecular complexity index is 495. The van der Waals surface area contributed by atoms with E-state index in [1.807, 2.05) is 0 Å². The summed E-state index contributed by atoms with van der Waals surface area (Å²) in [6, 6.07) is 6.55. The van der Waals surface area contributed by atoms with E-state index in [-0.39, 0.29) is 24.0 Å². The van der Waals surface area contributed by atoms with Crippen molar-refractivity contribution < 1.29 is 0 Å². The maximum Gasteiger partial charge on any atom is 0.191 e. The molecule has 2 N–H and O–H groups in total. The lowest BCUT2D eigenvalue weighted by Crippen LogP contribution is -2.38. The SMILES string of the molecule is CCNC(=NCc1ccc(N(C)C)cc1C)NCC1CC1.I. The maximum absolute atomic E-state index is 4.70. The predicted octanol–water partition coefficient (Wildman–Crippen LogP) is 3.14. The summed E-state index contributed by atoms with van der Waals surface area (Å²) in [5.41, 5.74) is 3.81. The molecular formula is C17H29IN4. The highest BCUT2D eigenvalue weighted by atomic mass is 127. The van der Waals surface area contributed by atoms with Crippen LogP contribution in [0.15, 0.2) is 23.2 Å². The van der Waals surface area contributed by atoms with Crippen LogP contribution >= 0.6 is 24.0 Å². The van der Waals surface area contributed by atoms with E-state index in [9.17, 15) is 0 Å². The molecule has 0 spiro atoms. The molecule has 0 amide bonds. The van der Waals surface area contributed by atoms with Gasteiger partial charge < -0.3 is 15.5 Å². The zero-order valence-electron chi connectivity index (χ0n) is 14.1. The highest BCUT2D eigenvalue weighted by molar-refractivity contribution is 14.0. The lowest BCUT2D eigenvalue weighted by molar-refractivity contribution is 0.739. The summed E-state index contributed by atoms with van der Waals surface area (Å²) >= 11 is 0. The van der Waals surface area contributed by atoms with Gasteiger partial charge in [0.05, 0.1) is 6.54 Å². The molecule has 22 heavy (non-hydrogen) atoms. The molecule has 0 unspecified atom stereocenters. The molecule has 0 radical (unpaired) electrons. The van der Waals surface area contributed by atoms with Gasteiger partial charge in [-0.05, 0) is 55.9 Å². The summed E-state index contributed by atoms with van der Waals surface area (Å²) in [6.07, 6.45) is 2.72. The van der Waals surface area contributed by atoms with E-state index in [0.29, 0.717) is 0 Å². The first kappa shape index (κ1) is 19.1. The Balaban J connectivity index is 0.00000242. The number of nitrogens with one attached hydrogen (secondary N) is 2. The van der Waals surface area contributed by atoms with Crippen molar-refractivity contribution in [2.24, 2.45) is 10.9 Å². The number of rotatable bonds is 6. The summed E-state index contributed by atoms with van der Waals surface area (Å²) in [4.78, 5) is 6.83. The summed E-state index contributed by atoms with van der Waals surface area (Å²) in [5, 5.41) is 6.75. The Morgan fingerprint density at radius 1 is 1.27 bits per heavy atom. The molecule has 2 rings (SSSR count). The van der Waals surface area contributed by atoms with Crippen LogP contribution in [-0.4, -0.2) is 33.1 Å². The zero-order valence-corrected chi connectivity index (χ0v) is 16.5. The smallest absolute Gasteiger partial charge is 0.191 e. The molecule has 1 aliphatic rings. The predicted molar refractivity (Wildman–Crippen MR) is 106 cm³/mol. The van der Waals surface area contributed by atoms with Crippen molar-refractivity contribution in [3.63, 3.8) is 0 Å². The third-order valence-corrected chi connectivity index (χ3v) is 3.85. The van der Waals surface area contributed by atoms with Gasteiger partial charge in [0.1, 0.15) is 0 Å². The quantitative estimate of drug-likeness (QED) is 0.425. The first-order valence-electron chi connectivity index (χ1n) is 7.89. The third kappa shape index (κ3) is 6.02. The molecule has 0 heterocycles.